The standard InChI is InChI=1S/C24H40O3/c1-5-6-7-8-9-10-11-12-13-14-15-16-23(26)27-20-17-18-22(25)21(19-20)24(2,3)4/h17-19,25H,5-16H2,1-4H3. The molecule has 27 heavy (non-hydrogen) atoms. The Morgan fingerprint density at radius 1 is 0.889 bits per heavy atom. The van der Waals surface area contributed by atoms with Gasteiger partial charge in [-0.25, -0.2) is 0 Å². The predicted molar refractivity (Wildman–Crippen MR) is 114 cm³/mol. The van der Waals surface area contributed by atoms with Gasteiger partial charge in [0.1, 0.15) is 11.5 Å². The van der Waals surface area contributed by atoms with Crippen LogP contribution in [0.3, 0.4) is 0 Å². The molecule has 0 fully saturated rings. The van der Waals surface area contributed by atoms with E-state index in [9.17, 15) is 9.90 Å². The Kier molecular flexibility index (Phi) is 11.2. The van der Waals surface area contributed by atoms with Crippen molar-refractivity contribution in [1.29, 1.82) is 0 Å². The molecule has 1 aromatic rings. The van der Waals surface area contributed by atoms with E-state index in [2.05, 4.69) is 6.92 Å². The minimum absolute atomic E-state index is 0.184. The average molecular weight is 377 g/mol. The van der Waals surface area contributed by atoms with Crippen LogP contribution in [0.1, 0.15) is 110 Å². The molecule has 0 aliphatic heterocycles. The van der Waals surface area contributed by atoms with Gasteiger partial charge in [-0.3, -0.25) is 4.79 Å². The molecule has 1 aromatic carbocycles. The second-order valence-electron chi connectivity index (χ2n) is 8.69. The van der Waals surface area contributed by atoms with Crippen LogP contribution < -0.4 is 4.74 Å². The zero-order valence-corrected chi connectivity index (χ0v) is 18.0. The lowest BCUT2D eigenvalue weighted by molar-refractivity contribution is -0.134. The summed E-state index contributed by atoms with van der Waals surface area (Å²) < 4.78 is 5.45. The molecule has 0 aromatic heterocycles. The van der Waals surface area contributed by atoms with E-state index in [0.717, 1.165) is 18.4 Å². The molecule has 0 saturated carbocycles. The van der Waals surface area contributed by atoms with Crippen molar-refractivity contribution in [2.45, 2.75) is 110 Å². The molecule has 0 heterocycles. The zero-order chi connectivity index (χ0) is 20.1. The van der Waals surface area contributed by atoms with Crippen LogP contribution >= 0.6 is 0 Å². The SMILES string of the molecule is CCCCCCCCCCCCCC(=O)Oc1ccc(O)c(C(C)(C)C)c1. The molecule has 1 N–H and O–H groups in total. The van der Waals surface area contributed by atoms with Gasteiger partial charge < -0.3 is 9.84 Å². The number of ether oxygens (including phenoxy) is 1. The number of carbonyl (C=O) groups is 1. The van der Waals surface area contributed by atoms with E-state index in [-0.39, 0.29) is 17.1 Å². The van der Waals surface area contributed by atoms with Gasteiger partial charge in [0.05, 0.1) is 0 Å². The van der Waals surface area contributed by atoms with Crippen molar-refractivity contribution >= 4 is 5.97 Å². The van der Waals surface area contributed by atoms with Crippen LogP contribution in [0.25, 0.3) is 0 Å². The Bertz CT molecular complexity index is 543. The Balaban J connectivity index is 2.14. The summed E-state index contributed by atoms with van der Waals surface area (Å²) in [5, 5.41) is 9.98. The van der Waals surface area contributed by atoms with Gasteiger partial charge in [-0.2, -0.15) is 0 Å². The minimum Gasteiger partial charge on any atom is -0.508 e. The van der Waals surface area contributed by atoms with Gasteiger partial charge in [0, 0.05) is 12.0 Å². The molecular weight excluding hydrogens is 336 g/mol. The van der Waals surface area contributed by atoms with Crippen LogP contribution in [0.2, 0.25) is 0 Å². The fourth-order valence-corrected chi connectivity index (χ4v) is 3.30. The van der Waals surface area contributed by atoms with E-state index in [4.69, 9.17) is 4.74 Å². The normalized spacial score (nSPS) is 11.6. The topological polar surface area (TPSA) is 46.5 Å². The van der Waals surface area contributed by atoms with Crippen molar-refractivity contribution in [1.82, 2.24) is 0 Å². The summed E-state index contributed by atoms with van der Waals surface area (Å²) in [6.07, 6.45) is 14.4. The minimum atomic E-state index is -0.192. The molecular formula is C24H40O3. The monoisotopic (exact) mass is 376 g/mol. The summed E-state index contributed by atoms with van der Waals surface area (Å²) in [5.41, 5.74) is 0.602. The maximum absolute atomic E-state index is 12.0. The van der Waals surface area contributed by atoms with Gasteiger partial charge in [-0.15, -0.1) is 0 Å². The first-order valence-corrected chi connectivity index (χ1v) is 10.9. The number of rotatable bonds is 13. The number of aromatic hydroxyl groups is 1. The van der Waals surface area contributed by atoms with E-state index < -0.39 is 0 Å². The quantitative estimate of drug-likeness (QED) is 0.223. The van der Waals surface area contributed by atoms with Crippen LogP contribution in [0.4, 0.5) is 0 Å². The highest BCUT2D eigenvalue weighted by Gasteiger charge is 2.19. The van der Waals surface area contributed by atoms with Crippen LogP contribution in [-0.4, -0.2) is 11.1 Å². The van der Waals surface area contributed by atoms with Gasteiger partial charge in [-0.05, 0) is 30.0 Å². The first-order valence-electron chi connectivity index (χ1n) is 10.9. The molecule has 154 valence electrons. The number of phenols is 1. The molecule has 0 bridgehead atoms. The fourth-order valence-electron chi connectivity index (χ4n) is 3.30. The molecule has 0 amide bonds. The Morgan fingerprint density at radius 2 is 1.41 bits per heavy atom. The highest BCUT2D eigenvalue weighted by atomic mass is 16.5. The Hall–Kier alpha value is -1.51. The van der Waals surface area contributed by atoms with Crippen molar-refractivity contribution in [3.05, 3.63) is 23.8 Å². The van der Waals surface area contributed by atoms with E-state index in [1.165, 1.54) is 57.8 Å². The van der Waals surface area contributed by atoms with Crippen molar-refractivity contribution in [3.63, 3.8) is 0 Å². The van der Waals surface area contributed by atoms with Crippen molar-refractivity contribution in [3.8, 4) is 11.5 Å². The second kappa shape index (κ2) is 12.8. The fraction of sp³-hybridized carbons (Fsp3) is 0.708. The van der Waals surface area contributed by atoms with Crippen LogP contribution in [-0.2, 0) is 10.2 Å². The Morgan fingerprint density at radius 3 is 1.93 bits per heavy atom. The lowest BCUT2D eigenvalue weighted by Gasteiger charge is -2.21. The average Bonchev–Trinajstić information content (AvgIpc) is 2.60. The van der Waals surface area contributed by atoms with E-state index in [1.807, 2.05) is 20.8 Å². The maximum atomic E-state index is 12.0. The van der Waals surface area contributed by atoms with E-state index in [1.54, 1.807) is 18.2 Å². The third-order valence-corrected chi connectivity index (χ3v) is 4.99. The molecule has 3 heteroatoms. The molecule has 0 aliphatic rings. The Labute approximate surface area is 166 Å². The second-order valence-corrected chi connectivity index (χ2v) is 8.69. The summed E-state index contributed by atoms with van der Waals surface area (Å²) >= 11 is 0. The van der Waals surface area contributed by atoms with Crippen LogP contribution in [0, 0.1) is 0 Å². The predicted octanol–water partition coefficient (Wildman–Crippen LogP) is 7.30. The van der Waals surface area contributed by atoms with Gasteiger partial charge in [-0.1, -0.05) is 91.9 Å². The summed E-state index contributed by atoms with van der Waals surface area (Å²) in [4.78, 5) is 12.0. The molecule has 3 nitrogen and oxygen atoms in total. The maximum Gasteiger partial charge on any atom is 0.311 e. The third kappa shape index (κ3) is 10.4. The zero-order valence-electron chi connectivity index (χ0n) is 18.0. The number of carbonyl (C=O) groups excluding carboxylic acids is 1. The highest BCUT2D eigenvalue weighted by Crippen LogP contribution is 2.33. The smallest absolute Gasteiger partial charge is 0.311 e. The molecule has 0 spiro atoms. The van der Waals surface area contributed by atoms with Crippen molar-refractivity contribution in [2.24, 2.45) is 0 Å². The summed E-state index contributed by atoms with van der Waals surface area (Å²) in [6.45, 7) is 8.33. The molecule has 0 aliphatic carbocycles. The summed E-state index contributed by atoms with van der Waals surface area (Å²) in [5.74, 6) is 0.579. The first-order chi connectivity index (χ1) is 12.8. The molecule has 1 rings (SSSR count). The number of hydrogen-bond acceptors (Lipinski definition) is 3. The van der Waals surface area contributed by atoms with E-state index >= 15 is 0 Å². The number of benzene rings is 1. The van der Waals surface area contributed by atoms with Gasteiger partial charge >= 0.3 is 5.97 Å². The summed E-state index contributed by atoms with van der Waals surface area (Å²) in [6, 6.07) is 5.03. The lowest BCUT2D eigenvalue weighted by atomic mass is 9.86. The van der Waals surface area contributed by atoms with Crippen LogP contribution in [0.15, 0.2) is 18.2 Å². The van der Waals surface area contributed by atoms with Gasteiger partial charge in [0.15, 0.2) is 0 Å². The molecule has 0 saturated heterocycles. The van der Waals surface area contributed by atoms with Crippen LogP contribution in [0.5, 0.6) is 11.5 Å². The lowest BCUT2D eigenvalue weighted by Crippen LogP contribution is -2.13. The number of hydrogen-bond donors (Lipinski definition) is 1. The number of esters is 1. The first kappa shape index (κ1) is 23.5. The van der Waals surface area contributed by atoms with Crippen molar-refractivity contribution < 1.29 is 14.6 Å². The van der Waals surface area contributed by atoms with E-state index in [0.29, 0.717) is 12.2 Å². The van der Waals surface area contributed by atoms with Gasteiger partial charge in [0.25, 0.3) is 0 Å². The summed E-state index contributed by atoms with van der Waals surface area (Å²) in [7, 11) is 0. The highest BCUT2D eigenvalue weighted by molar-refractivity contribution is 5.72. The molecule has 0 atom stereocenters. The van der Waals surface area contributed by atoms with Gasteiger partial charge in [0.2, 0.25) is 0 Å². The molecule has 0 radical (unpaired) electrons. The third-order valence-electron chi connectivity index (χ3n) is 4.99. The number of phenolic OH excluding ortho intramolecular Hbond substituents is 1. The molecule has 0 unspecified atom stereocenters. The number of unbranched alkanes of at least 4 members (excludes halogenated alkanes) is 10. The van der Waals surface area contributed by atoms with Crippen molar-refractivity contribution in [2.75, 3.05) is 0 Å². The largest absolute Gasteiger partial charge is 0.508 e.